The van der Waals surface area contributed by atoms with Crippen molar-refractivity contribution in [2.45, 2.75) is 0 Å². The molecule has 30 heavy (non-hydrogen) atoms. The molecular weight excluding hydrogens is 392 g/mol. The van der Waals surface area contributed by atoms with E-state index in [2.05, 4.69) is 17.1 Å². The molecule has 0 bridgehead atoms. The molecule has 5 heteroatoms. The van der Waals surface area contributed by atoms with Gasteiger partial charge in [-0.3, -0.25) is 14.6 Å². The molecule has 0 unspecified atom stereocenters. The summed E-state index contributed by atoms with van der Waals surface area (Å²) in [5.74, 6) is 0. The van der Waals surface area contributed by atoms with Crippen molar-refractivity contribution in [3.8, 4) is 5.69 Å². The Hall–Kier alpha value is -3.83. The van der Waals surface area contributed by atoms with Crippen molar-refractivity contribution in [2.24, 2.45) is 0 Å². The Bertz CT molecular complexity index is 1730. The molecule has 0 saturated heterocycles. The Labute approximate surface area is 174 Å². The van der Waals surface area contributed by atoms with E-state index in [1.54, 1.807) is 41.9 Å². The molecule has 0 fully saturated rings. The first-order valence-corrected chi connectivity index (χ1v) is 10.4. The number of benzene rings is 3. The zero-order chi connectivity index (χ0) is 20.2. The molecule has 6 aromatic rings. The maximum Gasteiger partial charge on any atom is 0.267 e. The van der Waals surface area contributed by atoms with Gasteiger partial charge in [-0.15, -0.1) is 11.3 Å². The number of aromatic nitrogens is 2. The SMILES string of the molecule is O=c1c2ccncc2c2ccc3c4ccccc4sc3c2c(=O)n1-c1ccccc1. The van der Waals surface area contributed by atoms with Crippen molar-refractivity contribution in [3.05, 3.63) is 106 Å². The van der Waals surface area contributed by atoms with E-state index in [0.717, 1.165) is 25.6 Å². The zero-order valence-electron chi connectivity index (χ0n) is 15.7. The van der Waals surface area contributed by atoms with Crippen LogP contribution in [0.3, 0.4) is 0 Å². The molecule has 6 rings (SSSR count). The van der Waals surface area contributed by atoms with Crippen LogP contribution in [-0.2, 0) is 0 Å². The molecule has 0 aliphatic rings. The van der Waals surface area contributed by atoms with Crippen LogP contribution in [0, 0.1) is 0 Å². The van der Waals surface area contributed by atoms with Gasteiger partial charge in [0, 0.05) is 38.0 Å². The Morgan fingerprint density at radius 1 is 0.667 bits per heavy atom. The summed E-state index contributed by atoms with van der Waals surface area (Å²) < 4.78 is 3.29. The predicted molar refractivity (Wildman–Crippen MR) is 124 cm³/mol. The van der Waals surface area contributed by atoms with E-state index in [0.29, 0.717) is 21.8 Å². The van der Waals surface area contributed by atoms with Crippen LogP contribution in [0.1, 0.15) is 0 Å². The van der Waals surface area contributed by atoms with Crippen molar-refractivity contribution in [1.82, 2.24) is 9.55 Å². The highest BCUT2D eigenvalue weighted by Gasteiger charge is 2.17. The first kappa shape index (κ1) is 17.1. The van der Waals surface area contributed by atoms with Gasteiger partial charge >= 0.3 is 0 Å². The van der Waals surface area contributed by atoms with E-state index in [1.165, 1.54) is 4.57 Å². The van der Waals surface area contributed by atoms with E-state index < -0.39 is 0 Å². The third-order valence-corrected chi connectivity index (χ3v) is 6.73. The topological polar surface area (TPSA) is 52.0 Å². The molecule has 0 aliphatic carbocycles. The molecule has 3 aromatic heterocycles. The maximum atomic E-state index is 13.9. The quantitative estimate of drug-likeness (QED) is 0.374. The van der Waals surface area contributed by atoms with Crippen molar-refractivity contribution in [2.75, 3.05) is 0 Å². The van der Waals surface area contributed by atoms with Crippen molar-refractivity contribution < 1.29 is 0 Å². The lowest BCUT2D eigenvalue weighted by molar-refractivity contribution is 0.976. The van der Waals surface area contributed by atoms with Crippen LogP contribution in [0.5, 0.6) is 0 Å². The van der Waals surface area contributed by atoms with Crippen molar-refractivity contribution in [1.29, 1.82) is 0 Å². The third kappa shape index (κ3) is 2.30. The van der Waals surface area contributed by atoms with E-state index in [4.69, 9.17) is 0 Å². The molecule has 0 amide bonds. The van der Waals surface area contributed by atoms with Crippen molar-refractivity contribution >= 4 is 53.1 Å². The lowest BCUT2D eigenvalue weighted by Gasteiger charge is -2.02. The van der Waals surface area contributed by atoms with Crippen LogP contribution >= 0.6 is 11.3 Å². The van der Waals surface area contributed by atoms with E-state index in [1.807, 2.05) is 42.5 Å². The summed E-state index contributed by atoms with van der Waals surface area (Å²) in [7, 11) is 0. The molecule has 3 heterocycles. The lowest BCUT2D eigenvalue weighted by atomic mass is 10.1. The highest BCUT2D eigenvalue weighted by molar-refractivity contribution is 7.26. The minimum absolute atomic E-state index is 0.311. The number of hydrogen-bond donors (Lipinski definition) is 0. The van der Waals surface area contributed by atoms with Gasteiger partial charge in [0.1, 0.15) is 0 Å². The first-order valence-electron chi connectivity index (χ1n) is 9.56. The van der Waals surface area contributed by atoms with Crippen LogP contribution in [0.25, 0.3) is 47.4 Å². The third-order valence-electron chi connectivity index (χ3n) is 5.52. The second kappa shape index (κ2) is 6.34. The Balaban J connectivity index is 1.98. The molecule has 0 N–H and O–H groups in total. The van der Waals surface area contributed by atoms with Gasteiger partial charge in [0.05, 0.1) is 16.5 Å². The number of pyridine rings is 1. The van der Waals surface area contributed by atoms with Crippen molar-refractivity contribution in [3.63, 3.8) is 0 Å². The maximum absolute atomic E-state index is 13.9. The van der Waals surface area contributed by atoms with E-state index in [-0.39, 0.29) is 11.1 Å². The van der Waals surface area contributed by atoms with Gasteiger partial charge in [0.25, 0.3) is 11.1 Å². The highest BCUT2D eigenvalue weighted by Crippen LogP contribution is 2.38. The number of nitrogens with zero attached hydrogens (tertiary/aromatic N) is 2. The summed E-state index contributed by atoms with van der Waals surface area (Å²) in [5, 5.41) is 4.59. The minimum Gasteiger partial charge on any atom is -0.268 e. The zero-order valence-corrected chi connectivity index (χ0v) is 16.5. The molecule has 0 radical (unpaired) electrons. The summed E-state index contributed by atoms with van der Waals surface area (Å²) in [5.41, 5.74) is -0.0927. The fourth-order valence-electron chi connectivity index (χ4n) is 4.16. The molecule has 4 nitrogen and oxygen atoms in total. The first-order chi connectivity index (χ1) is 14.7. The average molecular weight is 406 g/mol. The van der Waals surface area contributed by atoms with Crippen LogP contribution in [0.2, 0.25) is 0 Å². The molecular formula is C25H14N2O2S. The van der Waals surface area contributed by atoms with Gasteiger partial charge in [0.15, 0.2) is 0 Å². The largest absolute Gasteiger partial charge is 0.268 e. The number of fused-ring (bicyclic) bond motifs is 7. The Morgan fingerprint density at radius 2 is 1.43 bits per heavy atom. The van der Waals surface area contributed by atoms with Crippen LogP contribution in [0.4, 0.5) is 0 Å². The molecule has 142 valence electrons. The van der Waals surface area contributed by atoms with Gasteiger partial charge < -0.3 is 0 Å². The lowest BCUT2D eigenvalue weighted by Crippen LogP contribution is -2.28. The average Bonchev–Trinajstić information content (AvgIpc) is 3.13. The predicted octanol–water partition coefficient (Wildman–Crippen LogP) is 5.27. The second-order valence-electron chi connectivity index (χ2n) is 7.17. The normalized spacial score (nSPS) is 11.6. The summed E-state index contributed by atoms with van der Waals surface area (Å²) >= 11 is 1.58. The number of thiophene rings is 1. The molecule has 0 atom stereocenters. The minimum atomic E-state index is -0.339. The summed E-state index contributed by atoms with van der Waals surface area (Å²) in [6.45, 7) is 0. The summed E-state index contributed by atoms with van der Waals surface area (Å²) in [6, 6.07) is 22.9. The van der Waals surface area contributed by atoms with Gasteiger partial charge in [-0.25, -0.2) is 4.57 Å². The standard InChI is InChI=1S/C25H14N2O2S/c28-24-19-12-13-26-14-20(19)17-10-11-18-16-8-4-5-9-21(16)30-23(18)22(17)25(29)27(24)15-6-2-1-3-7-15/h1-14H. The molecule has 3 aromatic carbocycles. The molecule has 0 saturated carbocycles. The second-order valence-corrected chi connectivity index (χ2v) is 8.22. The summed E-state index contributed by atoms with van der Waals surface area (Å²) in [4.78, 5) is 31.6. The highest BCUT2D eigenvalue weighted by atomic mass is 32.1. The molecule has 0 spiro atoms. The fourth-order valence-corrected chi connectivity index (χ4v) is 5.40. The summed E-state index contributed by atoms with van der Waals surface area (Å²) in [6.07, 6.45) is 3.26. The number of hydrogen-bond acceptors (Lipinski definition) is 4. The van der Waals surface area contributed by atoms with Gasteiger partial charge in [0.2, 0.25) is 0 Å². The molecule has 0 aliphatic heterocycles. The van der Waals surface area contributed by atoms with E-state index in [9.17, 15) is 9.59 Å². The number of rotatable bonds is 1. The van der Waals surface area contributed by atoms with Gasteiger partial charge in [-0.2, -0.15) is 0 Å². The Kier molecular flexibility index (Phi) is 3.60. The smallest absolute Gasteiger partial charge is 0.267 e. The van der Waals surface area contributed by atoms with Gasteiger partial charge in [-0.1, -0.05) is 48.5 Å². The van der Waals surface area contributed by atoms with E-state index >= 15 is 0 Å². The Morgan fingerprint density at radius 3 is 2.30 bits per heavy atom. The number of para-hydroxylation sites is 1. The van der Waals surface area contributed by atoms with Crippen LogP contribution in [0.15, 0.2) is 94.8 Å². The van der Waals surface area contributed by atoms with Gasteiger partial charge in [-0.05, 0) is 29.7 Å². The van der Waals surface area contributed by atoms with Crippen LogP contribution in [-0.4, -0.2) is 9.55 Å². The monoisotopic (exact) mass is 406 g/mol. The fraction of sp³-hybridized carbons (Fsp3) is 0. The van der Waals surface area contributed by atoms with Crippen LogP contribution < -0.4 is 11.1 Å².